The van der Waals surface area contributed by atoms with Crippen molar-refractivity contribution in [3.8, 4) is 5.75 Å². The van der Waals surface area contributed by atoms with Crippen LogP contribution in [0.4, 0.5) is 0 Å². The number of carbonyl (C=O) groups excluding carboxylic acids is 1. The highest BCUT2D eigenvalue weighted by Gasteiger charge is 2.32. The molecule has 1 heterocycles. The SMILES string of the molecule is COCC1(CNC(=O)c2ccc(OC)c3ccccc23)CCNCC1.Cl. The summed E-state index contributed by atoms with van der Waals surface area (Å²) in [5.74, 6) is 0.731. The summed E-state index contributed by atoms with van der Waals surface area (Å²) in [4.78, 5) is 12.8. The topological polar surface area (TPSA) is 59.6 Å². The summed E-state index contributed by atoms with van der Waals surface area (Å²) in [6, 6.07) is 11.5. The number of halogens is 1. The summed E-state index contributed by atoms with van der Waals surface area (Å²) >= 11 is 0. The molecule has 0 saturated carbocycles. The summed E-state index contributed by atoms with van der Waals surface area (Å²) in [5, 5.41) is 8.37. The van der Waals surface area contributed by atoms with Gasteiger partial charge in [0.25, 0.3) is 5.91 Å². The Bertz CT molecular complexity index is 739. The second kappa shape index (κ2) is 9.21. The van der Waals surface area contributed by atoms with Gasteiger partial charge in [0.1, 0.15) is 5.75 Å². The van der Waals surface area contributed by atoms with Crippen LogP contribution in [0.2, 0.25) is 0 Å². The van der Waals surface area contributed by atoms with Gasteiger partial charge in [0.2, 0.25) is 0 Å². The Morgan fingerprint density at radius 1 is 1.12 bits per heavy atom. The summed E-state index contributed by atoms with van der Waals surface area (Å²) in [6.45, 7) is 3.22. The van der Waals surface area contributed by atoms with Crippen molar-refractivity contribution < 1.29 is 14.3 Å². The fourth-order valence-corrected chi connectivity index (χ4v) is 3.65. The van der Waals surface area contributed by atoms with Crippen LogP contribution in [0.25, 0.3) is 10.8 Å². The van der Waals surface area contributed by atoms with E-state index in [1.165, 1.54) is 0 Å². The Labute approximate surface area is 160 Å². The van der Waals surface area contributed by atoms with Crippen molar-refractivity contribution in [3.63, 3.8) is 0 Å². The lowest BCUT2D eigenvalue weighted by molar-refractivity contribution is 0.0512. The molecule has 0 aliphatic carbocycles. The van der Waals surface area contributed by atoms with Crippen molar-refractivity contribution in [1.82, 2.24) is 10.6 Å². The minimum absolute atomic E-state index is 0. The minimum Gasteiger partial charge on any atom is -0.496 e. The number of benzene rings is 2. The summed E-state index contributed by atoms with van der Waals surface area (Å²) in [5.41, 5.74) is 0.690. The van der Waals surface area contributed by atoms with Crippen LogP contribution < -0.4 is 15.4 Å². The van der Waals surface area contributed by atoms with Gasteiger partial charge >= 0.3 is 0 Å². The molecule has 1 amide bonds. The van der Waals surface area contributed by atoms with E-state index in [1.807, 2.05) is 36.4 Å². The highest BCUT2D eigenvalue weighted by atomic mass is 35.5. The third-order valence-corrected chi connectivity index (χ3v) is 5.09. The number of nitrogens with one attached hydrogen (secondary N) is 2. The lowest BCUT2D eigenvalue weighted by Gasteiger charge is -2.37. The van der Waals surface area contributed by atoms with E-state index in [9.17, 15) is 4.79 Å². The molecule has 2 aromatic rings. The van der Waals surface area contributed by atoms with Gasteiger partial charge in [0.05, 0.1) is 13.7 Å². The maximum atomic E-state index is 12.8. The zero-order valence-electron chi connectivity index (χ0n) is 15.3. The molecule has 1 aliphatic heterocycles. The zero-order chi connectivity index (χ0) is 17.7. The van der Waals surface area contributed by atoms with Crippen LogP contribution in [0.5, 0.6) is 5.75 Å². The number of hydrogen-bond acceptors (Lipinski definition) is 4. The summed E-state index contributed by atoms with van der Waals surface area (Å²) < 4.78 is 10.8. The Hall–Kier alpha value is -1.82. The van der Waals surface area contributed by atoms with Crippen LogP contribution in [0.15, 0.2) is 36.4 Å². The fraction of sp³-hybridized carbons (Fsp3) is 0.450. The van der Waals surface area contributed by atoms with E-state index in [4.69, 9.17) is 9.47 Å². The third kappa shape index (κ3) is 4.29. The van der Waals surface area contributed by atoms with Crippen molar-refractivity contribution in [2.24, 2.45) is 5.41 Å². The first kappa shape index (κ1) is 20.5. The van der Waals surface area contributed by atoms with Crippen LogP contribution in [-0.2, 0) is 4.74 Å². The van der Waals surface area contributed by atoms with Crippen molar-refractivity contribution in [1.29, 1.82) is 0 Å². The average Bonchev–Trinajstić information content (AvgIpc) is 2.66. The molecule has 0 unspecified atom stereocenters. The second-order valence-electron chi connectivity index (χ2n) is 6.73. The van der Waals surface area contributed by atoms with Gasteiger partial charge in [0, 0.05) is 30.0 Å². The average molecular weight is 379 g/mol. The van der Waals surface area contributed by atoms with Gasteiger partial charge in [0.15, 0.2) is 0 Å². The van der Waals surface area contributed by atoms with E-state index < -0.39 is 0 Å². The number of methoxy groups -OCH3 is 2. The number of piperidine rings is 1. The summed E-state index contributed by atoms with van der Waals surface area (Å²) in [7, 11) is 3.37. The maximum absolute atomic E-state index is 12.8. The first-order valence-electron chi connectivity index (χ1n) is 8.73. The Kier molecular flexibility index (Phi) is 7.26. The monoisotopic (exact) mass is 378 g/mol. The van der Waals surface area contributed by atoms with Crippen LogP contribution in [-0.4, -0.2) is 46.4 Å². The van der Waals surface area contributed by atoms with Gasteiger partial charge in [-0.2, -0.15) is 0 Å². The van der Waals surface area contributed by atoms with Crippen molar-refractivity contribution >= 4 is 29.1 Å². The van der Waals surface area contributed by atoms with Gasteiger partial charge in [-0.25, -0.2) is 0 Å². The van der Waals surface area contributed by atoms with Crippen LogP contribution in [0, 0.1) is 5.41 Å². The minimum atomic E-state index is -0.0483. The Balaban J connectivity index is 0.00000243. The third-order valence-electron chi connectivity index (χ3n) is 5.09. The molecule has 1 fully saturated rings. The predicted molar refractivity (Wildman–Crippen MR) is 106 cm³/mol. The fourth-order valence-electron chi connectivity index (χ4n) is 3.65. The largest absolute Gasteiger partial charge is 0.496 e. The first-order chi connectivity index (χ1) is 12.2. The molecule has 0 spiro atoms. The molecule has 0 radical (unpaired) electrons. The molecule has 5 nitrogen and oxygen atoms in total. The van der Waals surface area contributed by atoms with Gasteiger partial charge in [-0.1, -0.05) is 24.3 Å². The molecule has 2 N–H and O–H groups in total. The van der Waals surface area contributed by atoms with Gasteiger partial charge in [-0.3, -0.25) is 4.79 Å². The Morgan fingerprint density at radius 3 is 2.46 bits per heavy atom. The molecule has 0 aromatic heterocycles. The zero-order valence-corrected chi connectivity index (χ0v) is 16.2. The summed E-state index contributed by atoms with van der Waals surface area (Å²) in [6.07, 6.45) is 2.01. The van der Waals surface area contributed by atoms with Gasteiger partial charge < -0.3 is 20.1 Å². The predicted octanol–water partition coefficient (Wildman–Crippen LogP) is 3.02. The molecule has 26 heavy (non-hydrogen) atoms. The van der Waals surface area contributed by atoms with Crippen molar-refractivity contribution in [2.75, 3.05) is 40.5 Å². The number of fused-ring (bicyclic) bond motifs is 1. The molecule has 142 valence electrons. The van der Waals surface area contributed by atoms with E-state index in [0.29, 0.717) is 18.7 Å². The molecule has 0 bridgehead atoms. The second-order valence-corrected chi connectivity index (χ2v) is 6.73. The van der Waals surface area contributed by atoms with E-state index in [1.54, 1.807) is 14.2 Å². The molecule has 1 aliphatic rings. The number of hydrogen-bond donors (Lipinski definition) is 2. The molecule has 6 heteroatoms. The molecule has 2 aromatic carbocycles. The van der Waals surface area contributed by atoms with Crippen LogP contribution in [0.1, 0.15) is 23.2 Å². The van der Waals surface area contributed by atoms with Crippen molar-refractivity contribution in [3.05, 3.63) is 42.0 Å². The molecule has 0 atom stereocenters. The Morgan fingerprint density at radius 2 is 1.81 bits per heavy atom. The number of amides is 1. The highest BCUT2D eigenvalue weighted by molar-refractivity contribution is 6.08. The molecule has 1 saturated heterocycles. The van der Waals surface area contributed by atoms with E-state index in [0.717, 1.165) is 42.5 Å². The first-order valence-corrected chi connectivity index (χ1v) is 8.73. The van der Waals surface area contributed by atoms with Crippen LogP contribution in [0.3, 0.4) is 0 Å². The number of rotatable bonds is 6. The molecular formula is C20H27ClN2O3. The number of carbonyl (C=O) groups is 1. The number of ether oxygens (including phenoxy) is 2. The van der Waals surface area contributed by atoms with Crippen LogP contribution >= 0.6 is 12.4 Å². The van der Waals surface area contributed by atoms with E-state index in [-0.39, 0.29) is 23.7 Å². The van der Waals surface area contributed by atoms with Crippen molar-refractivity contribution in [2.45, 2.75) is 12.8 Å². The highest BCUT2D eigenvalue weighted by Crippen LogP contribution is 2.30. The smallest absolute Gasteiger partial charge is 0.251 e. The van der Waals surface area contributed by atoms with E-state index in [2.05, 4.69) is 10.6 Å². The van der Waals surface area contributed by atoms with Gasteiger partial charge in [-0.05, 0) is 43.5 Å². The lowest BCUT2D eigenvalue weighted by atomic mass is 9.79. The van der Waals surface area contributed by atoms with E-state index >= 15 is 0 Å². The maximum Gasteiger partial charge on any atom is 0.251 e. The molecule has 3 rings (SSSR count). The standard InChI is InChI=1S/C20H26N2O3.ClH/c1-24-14-20(9-11-21-12-10-20)13-22-19(23)17-7-8-18(25-2)16-6-4-3-5-15(16)17;/h3-8,21H,9-14H2,1-2H3,(H,22,23);1H. The molecular weight excluding hydrogens is 352 g/mol. The quantitative estimate of drug-likeness (QED) is 0.811. The van der Waals surface area contributed by atoms with Gasteiger partial charge in [-0.15, -0.1) is 12.4 Å². The normalized spacial score (nSPS) is 15.9. The lowest BCUT2D eigenvalue weighted by Crippen LogP contribution is -2.47.